The van der Waals surface area contributed by atoms with E-state index in [9.17, 15) is 0 Å². The molecule has 0 unspecified atom stereocenters. The Hall–Kier alpha value is -1.23. The Bertz CT molecular complexity index is 573. The zero-order valence-corrected chi connectivity index (χ0v) is 15.0. The number of hydrogen-bond acceptors (Lipinski definition) is 4. The Kier molecular flexibility index (Phi) is 6.55. The smallest absolute Gasteiger partial charge is 0.0948 e. The first-order valence-electron chi connectivity index (χ1n) is 8.01. The van der Waals surface area contributed by atoms with Crippen LogP contribution in [0.1, 0.15) is 22.4 Å². The van der Waals surface area contributed by atoms with Crippen LogP contribution in [0.25, 0.3) is 11.3 Å². The van der Waals surface area contributed by atoms with Crippen molar-refractivity contribution in [2.45, 2.75) is 26.7 Å². The molecule has 2 aromatic rings. The van der Waals surface area contributed by atoms with E-state index in [0.29, 0.717) is 0 Å². The van der Waals surface area contributed by atoms with Crippen LogP contribution in [-0.2, 0) is 12.8 Å². The summed E-state index contributed by atoms with van der Waals surface area (Å²) >= 11 is 1.82. The summed E-state index contributed by atoms with van der Waals surface area (Å²) in [6, 6.07) is 8.80. The van der Waals surface area contributed by atoms with E-state index >= 15 is 0 Å². The summed E-state index contributed by atoms with van der Waals surface area (Å²) in [6.45, 7) is 7.46. The van der Waals surface area contributed by atoms with Gasteiger partial charge in [-0.3, -0.25) is 0 Å². The standard InChI is InChI=1S/C18H27N3S/c1-5-15-6-8-16(9-7-15)18-14(2)22-17(20-18)10-11-19-12-13-21(3)4/h6-9,19H,5,10-13H2,1-4H3. The van der Waals surface area contributed by atoms with Crippen LogP contribution in [0.4, 0.5) is 0 Å². The van der Waals surface area contributed by atoms with Crippen molar-refractivity contribution >= 4 is 11.3 Å². The second-order valence-corrected chi connectivity index (χ2v) is 7.15. The lowest BCUT2D eigenvalue weighted by Crippen LogP contribution is -2.27. The molecule has 0 bridgehead atoms. The van der Waals surface area contributed by atoms with Gasteiger partial charge in [0.15, 0.2) is 0 Å². The number of nitrogens with zero attached hydrogens (tertiary/aromatic N) is 2. The summed E-state index contributed by atoms with van der Waals surface area (Å²) in [4.78, 5) is 8.34. The number of hydrogen-bond donors (Lipinski definition) is 1. The maximum Gasteiger partial charge on any atom is 0.0948 e. The molecule has 120 valence electrons. The van der Waals surface area contributed by atoms with Crippen molar-refractivity contribution in [1.29, 1.82) is 0 Å². The summed E-state index contributed by atoms with van der Waals surface area (Å²) < 4.78 is 0. The number of rotatable bonds is 8. The topological polar surface area (TPSA) is 28.2 Å². The van der Waals surface area contributed by atoms with E-state index in [1.807, 2.05) is 11.3 Å². The molecular formula is C18H27N3S. The predicted molar refractivity (Wildman–Crippen MR) is 96.8 cm³/mol. The molecule has 0 saturated heterocycles. The largest absolute Gasteiger partial charge is 0.315 e. The number of nitrogens with one attached hydrogen (secondary N) is 1. The maximum absolute atomic E-state index is 4.84. The summed E-state index contributed by atoms with van der Waals surface area (Å²) in [5, 5.41) is 4.70. The molecule has 1 heterocycles. The molecule has 0 atom stereocenters. The van der Waals surface area contributed by atoms with E-state index in [-0.39, 0.29) is 0 Å². The van der Waals surface area contributed by atoms with Gasteiger partial charge in [-0.15, -0.1) is 11.3 Å². The van der Waals surface area contributed by atoms with Crippen LogP contribution in [0.3, 0.4) is 0 Å². The fraction of sp³-hybridized carbons (Fsp3) is 0.500. The van der Waals surface area contributed by atoms with Gasteiger partial charge in [0.2, 0.25) is 0 Å². The van der Waals surface area contributed by atoms with Crippen molar-refractivity contribution in [2.75, 3.05) is 33.7 Å². The third-order valence-electron chi connectivity index (χ3n) is 3.73. The van der Waals surface area contributed by atoms with Gasteiger partial charge < -0.3 is 10.2 Å². The zero-order chi connectivity index (χ0) is 15.9. The molecule has 0 aliphatic heterocycles. The van der Waals surface area contributed by atoms with E-state index < -0.39 is 0 Å². The molecule has 0 aliphatic carbocycles. The molecular weight excluding hydrogens is 290 g/mol. The van der Waals surface area contributed by atoms with E-state index in [0.717, 1.165) is 38.2 Å². The van der Waals surface area contributed by atoms with E-state index in [4.69, 9.17) is 4.98 Å². The predicted octanol–water partition coefficient (Wildman–Crippen LogP) is 3.37. The first-order chi connectivity index (χ1) is 10.6. The third-order valence-corrected chi connectivity index (χ3v) is 4.76. The summed E-state index contributed by atoms with van der Waals surface area (Å²) in [6.07, 6.45) is 2.09. The Labute approximate surface area is 138 Å². The molecule has 0 radical (unpaired) electrons. The van der Waals surface area contributed by atoms with E-state index in [1.165, 1.54) is 21.0 Å². The summed E-state index contributed by atoms with van der Waals surface area (Å²) in [5.74, 6) is 0. The van der Waals surface area contributed by atoms with Gasteiger partial charge >= 0.3 is 0 Å². The van der Waals surface area contributed by atoms with Gasteiger partial charge in [-0.2, -0.15) is 0 Å². The number of likely N-dealkylation sites (N-methyl/N-ethyl adjacent to an activating group) is 1. The number of aromatic nitrogens is 1. The van der Waals surface area contributed by atoms with Gasteiger partial charge in [0.25, 0.3) is 0 Å². The van der Waals surface area contributed by atoms with Crippen LogP contribution < -0.4 is 5.32 Å². The fourth-order valence-corrected chi connectivity index (χ4v) is 3.30. The quantitative estimate of drug-likeness (QED) is 0.757. The molecule has 0 aliphatic rings. The molecule has 0 spiro atoms. The van der Waals surface area contributed by atoms with Crippen LogP contribution in [0.2, 0.25) is 0 Å². The van der Waals surface area contributed by atoms with Gasteiger partial charge in [-0.25, -0.2) is 4.98 Å². The second-order valence-electron chi connectivity index (χ2n) is 5.87. The molecule has 1 N–H and O–H groups in total. The number of thiazole rings is 1. The molecule has 22 heavy (non-hydrogen) atoms. The van der Waals surface area contributed by atoms with Crippen molar-refractivity contribution in [2.24, 2.45) is 0 Å². The molecule has 1 aromatic heterocycles. The molecule has 1 aromatic carbocycles. The minimum Gasteiger partial charge on any atom is -0.315 e. The molecule has 2 rings (SSSR count). The maximum atomic E-state index is 4.84. The fourth-order valence-electron chi connectivity index (χ4n) is 2.35. The highest BCUT2D eigenvalue weighted by Gasteiger charge is 2.09. The lowest BCUT2D eigenvalue weighted by atomic mass is 10.1. The molecule has 0 amide bonds. The third kappa shape index (κ3) is 4.90. The first kappa shape index (κ1) is 17.1. The SMILES string of the molecule is CCc1ccc(-c2nc(CCNCCN(C)C)sc2C)cc1. The second kappa shape index (κ2) is 8.42. The summed E-state index contributed by atoms with van der Waals surface area (Å²) in [5.41, 5.74) is 3.76. The number of aryl methyl sites for hydroxylation is 2. The highest BCUT2D eigenvalue weighted by molar-refractivity contribution is 7.12. The normalized spacial score (nSPS) is 11.3. The van der Waals surface area contributed by atoms with Crippen LogP contribution in [0.15, 0.2) is 24.3 Å². The van der Waals surface area contributed by atoms with Gasteiger partial charge in [0.1, 0.15) is 0 Å². The van der Waals surface area contributed by atoms with Crippen molar-refractivity contribution in [3.05, 3.63) is 39.7 Å². The Morgan fingerprint density at radius 2 is 1.86 bits per heavy atom. The minimum absolute atomic E-state index is 0.995. The first-order valence-corrected chi connectivity index (χ1v) is 8.83. The van der Waals surface area contributed by atoms with E-state index in [1.54, 1.807) is 0 Å². The highest BCUT2D eigenvalue weighted by atomic mass is 32.1. The van der Waals surface area contributed by atoms with Crippen LogP contribution in [-0.4, -0.2) is 43.6 Å². The molecule has 3 nitrogen and oxygen atoms in total. The van der Waals surface area contributed by atoms with Crippen LogP contribution >= 0.6 is 11.3 Å². The van der Waals surface area contributed by atoms with Gasteiger partial charge in [0.05, 0.1) is 10.7 Å². The van der Waals surface area contributed by atoms with Crippen molar-refractivity contribution in [3.8, 4) is 11.3 Å². The Morgan fingerprint density at radius 1 is 1.14 bits per heavy atom. The Morgan fingerprint density at radius 3 is 2.50 bits per heavy atom. The van der Waals surface area contributed by atoms with Gasteiger partial charge in [-0.1, -0.05) is 31.2 Å². The lowest BCUT2D eigenvalue weighted by Gasteiger charge is -2.09. The monoisotopic (exact) mass is 317 g/mol. The minimum atomic E-state index is 0.995. The molecule has 4 heteroatoms. The zero-order valence-electron chi connectivity index (χ0n) is 14.1. The summed E-state index contributed by atoms with van der Waals surface area (Å²) in [7, 11) is 4.20. The average molecular weight is 318 g/mol. The van der Waals surface area contributed by atoms with Crippen molar-refractivity contribution in [1.82, 2.24) is 15.2 Å². The molecule has 0 fully saturated rings. The Balaban J connectivity index is 1.92. The van der Waals surface area contributed by atoms with Crippen LogP contribution in [0, 0.1) is 6.92 Å². The van der Waals surface area contributed by atoms with Crippen molar-refractivity contribution in [3.63, 3.8) is 0 Å². The number of benzene rings is 1. The molecule has 0 saturated carbocycles. The van der Waals surface area contributed by atoms with Crippen molar-refractivity contribution < 1.29 is 0 Å². The van der Waals surface area contributed by atoms with Gasteiger partial charge in [0, 0.05) is 36.5 Å². The van der Waals surface area contributed by atoms with Crippen LogP contribution in [0.5, 0.6) is 0 Å². The van der Waals surface area contributed by atoms with E-state index in [2.05, 4.69) is 62.4 Å². The lowest BCUT2D eigenvalue weighted by molar-refractivity contribution is 0.401. The average Bonchev–Trinajstić information content (AvgIpc) is 2.87. The highest BCUT2D eigenvalue weighted by Crippen LogP contribution is 2.28. The van der Waals surface area contributed by atoms with Gasteiger partial charge in [-0.05, 0) is 33.0 Å².